The molecule has 1 heterocycles. The number of ether oxygens (including phenoxy) is 2. The maximum absolute atomic E-state index is 12.1. The highest BCUT2D eigenvalue weighted by Gasteiger charge is 2.19. The molecule has 0 atom stereocenters. The highest BCUT2D eigenvalue weighted by molar-refractivity contribution is 8.13. The standard InChI is InChI=1S/C19H23ClN2O2S.C14H20ClNO2/c1-2-3-4-5-6-10-13-25-19(23)24-16-14-17(20)21-22-18(16)15-11-8-7-9-12-15;1-4-12-8-6-7-11(3)14(12)16(10-18-5-2)13(17)9-15/h7-9,11-12,14H,2-6,10,13H2,1H3;6-8H,4-5,9-10H2,1-3H3. The molecule has 0 spiro atoms. The van der Waals surface area contributed by atoms with Crippen molar-refractivity contribution in [3.05, 3.63) is 70.9 Å². The first-order valence-corrected chi connectivity index (χ1v) is 16.7. The number of halogens is 2. The van der Waals surface area contributed by atoms with E-state index in [1.54, 1.807) is 4.90 Å². The van der Waals surface area contributed by atoms with E-state index >= 15 is 0 Å². The van der Waals surface area contributed by atoms with Crippen molar-refractivity contribution in [2.24, 2.45) is 0 Å². The Balaban J connectivity index is 0.000000317. The average Bonchev–Trinajstić information content (AvgIpc) is 3.02. The number of amides is 1. The van der Waals surface area contributed by atoms with Crippen LogP contribution in [0.15, 0.2) is 54.6 Å². The molecule has 1 amide bonds. The summed E-state index contributed by atoms with van der Waals surface area (Å²) in [5.74, 6) is 0.934. The number of aromatic nitrogens is 2. The minimum Gasteiger partial charge on any atom is -0.416 e. The number of aryl methyl sites for hydroxylation is 2. The number of hydrogen-bond donors (Lipinski definition) is 0. The molecule has 43 heavy (non-hydrogen) atoms. The van der Waals surface area contributed by atoms with E-state index in [0.29, 0.717) is 18.1 Å². The lowest BCUT2D eigenvalue weighted by Crippen LogP contribution is -2.35. The molecule has 10 heteroatoms. The average molecular weight is 649 g/mol. The summed E-state index contributed by atoms with van der Waals surface area (Å²) in [6.07, 6.45) is 8.07. The fraction of sp³-hybridized carbons (Fsp3) is 0.455. The van der Waals surface area contributed by atoms with Crippen LogP contribution in [0.3, 0.4) is 0 Å². The highest BCUT2D eigenvalue weighted by Crippen LogP contribution is 2.30. The second-order valence-corrected chi connectivity index (χ2v) is 11.4. The van der Waals surface area contributed by atoms with E-state index in [0.717, 1.165) is 47.4 Å². The van der Waals surface area contributed by atoms with Crippen LogP contribution < -0.4 is 9.64 Å². The molecule has 0 radical (unpaired) electrons. The summed E-state index contributed by atoms with van der Waals surface area (Å²) >= 11 is 12.8. The lowest BCUT2D eigenvalue weighted by molar-refractivity contribution is -0.117. The van der Waals surface area contributed by atoms with Crippen molar-refractivity contribution >= 4 is 51.9 Å². The van der Waals surface area contributed by atoms with Crippen LogP contribution in [0, 0.1) is 6.92 Å². The number of thioether (sulfide) groups is 1. The molecule has 0 aliphatic carbocycles. The Morgan fingerprint density at radius 3 is 2.33 bits per heavy atom. The molecular weight excluding hydrogens is 605 g/mol. The Hall–Kier alpha value is -2.65. The van der Waals surface area contributed by atoms with Gasteiger partial charge in [-0.25, -0.2) is 4.79 Å². The Bertz CT molecular complexity index is 1260. The zero-order chi connectivity index (χ0) is 31.5. The quantitative estimate of drug-likeness (QED) is 0.0703. The van der Waals surface area contributed by atoms with Crippen LogP contribution in [0.2, 0.25) is 5.15 Å². The van der Waals surface area contributed by atoms with Crippen LogP contribution in [0.25, 0.3) is 11.3 Å². The normalized spacial score (nSPS) is 10.6. The van der Waals surface area contributed by atoms with Crippen LogP contribution in [-0.2, 0) is 16.0 Å². The number of alkyl halides is 1. The summed E-state index contributed by atoms with van der Waals surface area (Å²) in [6, 6.07) is 17.0. The Morgan fingerprint density at radius 2 is 1.65 bits per heavy atom. The maximum Gasteiger partial charge on any atom is 0.372 e. The largest absolute Gasteiger partial charge is 0.416 e. The molecule has 0 unspecified atom stereocenters. The molecule has 0 aliphatic heterocycles. The highest BCUT2D eigenvalue weighted by atomic mass is 35.5. The predicted octanol–water partition coefficient (Wildman–Crippen LogP) is 9.51. The molecule has 234 valence electrons. The van der Waals surface area contributed by atoms with E-state index < -0.39 is 0 Å². The molecule has 0 bridgehead atoms. The van der Waals surface area contributed by atoms with Gasteiger partial charge in [-0.3, -0.25) is 9.69 Å². The molecule has 1 aromatic heterocycles. The summed E-state index contributed by atoms with van der Waals surface area (Å²) < 4.78 is 10.8. The number of para-hydroxylation sites is 1. The molecule has 0 N–H and O–H groups in total. The second kappa shape index (κ2) is 21.1. The number of anilines is 1. The van der Waals surface area contributed by atoms with Gasteiger partial charge in [0.2, 0.25) is 5.91 Å². The number of hydrogen-bond acceptors (Lipinski definition) is 7. The topological polar surface area (TPSA) is 81.6 Å². The van der Waals surface area contributed by atoms with Crippen LogP contribution in [0.1, 0.15) is 70.4 Å². The minimum atomic E-state index is -0.338. The molecule has 0 saturated heterocycles. The van der Waals surface area contributed by atoms with Crippen LogP contribution >= 0.6 is 35.0 Å². The van der Waals surface area contributed by atoms with Gasteiger partial charge in [0.1, 0.15) is 18.3 Å². The predicted molar refractivity (Wildman–Crippen MR) is 180 cm³/mol. The van der Waals surface area contributed by atoms with E-state index in [-0.39, 0.29) is 29.0 Å². The molecule has 0 saturated carbocycles. The molecule has 3 aromatic rings. The zero-order valence-electron chi connectivity index (χ0n) is 25.6. The number of unbranched alkanes of at least 4 members (excludes halogenated alkanes) is 5. The van der Waals surface area contributed by atoms with Gasteiger partial charge in [0, 0.05) is 24.0 Å². The van der Waals surface area contributed by atoms with E-state index in [4.69, 9.17) is 32.7 Å². The van der Waals surface area contributed by atoms with Gasteiger partial charge in [0.05, 0.1) is 5.69 Å². The Morgan fingerprint density at radius 1 is 0.930 bits per heavy atom. The number of carbonyl (C=O) groups excluding carboxylic acids is 2. The molecule has 0 aliphatic rings. The first kappa shape index (κ1) is 36.5. The fourth-order valence-electron chi connectivity index (χ4n) is 4.29. The third-order valence-electron chi connectivity index (χ3n) is 6.50. The SMILES string of the molecule is CCCCCCCCSC(=O)Oc1cc(Cl)nnc1-c1ccccc1.CCOCN(C(=O)CCl)c1c(C)cccc1CC. The summed E-state index contributed by atoms with van der Waals surface area (Å²) in [5, 5.41) is 7.78. The van der Waals surface area contributed by atoms with Gasteiger partial charge in [-0.05, 0) is 49.6 Å². The van der Waals surface area contributed by atoms with Crippen molar-refractivity contribution in [3.63, 3.8) is 0 Å². The molecule has 2 aromatic carbocycles. The van der Waals surface area contributed by atoms with Crippen LogP contribution in [0.5, 0.6) is 5.75 Å². The first-order chi connectivity index (χ1) is 20.9. The van der Waals surface area contributed by atoms with Crippen molar-refractivity contribution in [2.45, 2.75) is 72.6 Å². The van der Waals surface area contributed by atoms with Crippen molar-refractivity contribution in [2.75, 3.05) is 29.9 Å². The first-order valence-electron chi connectivity index (χ1n) is 14.8. The summed E-state index contributed by atoms with van der Waals surface area (Å²) in [5.41, 5.74) is 4.47. The number of benzene rings is 2. The van der Waals surface area contributed by atoms with E-state index in [2.05, 4.69) is 24.0 Å². The Labute approximate surface area is 270 Å². The summed E-state index contributed by atoms with van der Waals surface area (Å²) in [6.45, 7) is 8.99. The van der Waals surface area contributed by atoms with E-state index in [1.807, 2.05) is 62.4 Å². The van der Waals surface area contributed by atoms with Gasteiger partial charge in [-0.15, -0.1) is 21.8 Å². The second-order valence-electron chi connectivity index (χ2n) is 9.73. The molecule has 0 fully saturated rings. The third kappa shape index (κ3) is 12.9. The van der Waals surface area contributed by atoms with Gasteiger partial charge in [0.15, 0.2) is 10.9 Å². The third-order valence-corrected chi connectivity index (χ3v) is 7.72. The van der Waals surface area contributed by atoms with Crippen molar-refractivity contribution in [1.82, 2.24) is 10.2 Å². The molecular formula is C33H43Cl2N3O4S. The van der Waals surface area contributed by atoms with Gasteiger partial charge in [-0.1, -0.05) is 106 Å². The van der Waals surface area contributed by atoms with Gasteiger partial charge < -0.3 is 9.47 Å². The minimum absolute atomic E-state index is 0.0371. The van der Waals surface area contributed by atoms with E-state index in [9.17, 15) is 9.59 Å². The fourth-order valence-corrected chi connectivity index (χ4v) is 5.24. The van der Waals surface area contributed by atoms with Crippen molar-refractivity contribution in [3.8, 4) is 17.0 Å². The van der Waals surface area contributed by atoms with E-state index in [1.165, 1.54) is 43.5 Å². The smallest absolute Gasteiger partial charge is 0.372 e. The van der Waals surface area contributed by atoms with Crippen molar-refractivity contribution < 1.29 is 19.1 Å². The molecule has 7 nitrogen and oxygen atoms in total. The summed E-state index contributed by atoms with van der Waals surface area (Å²) in [4.78, 5) is 25.7. The van der Waals surface area contributed by atoms with Crippen LogP contribution in [0.4, 0.5) is 10.5 Å². The maximum atomic E-state index is 12.1. The zero-order valence-corrected chi connectivity index (χ0v) is 27.9. The number of nitrogens with zero attached hydrogens (tertiary/aromatic N) is 3. The monoisotopic (exact) mass is 647 g/mol. The van der Waals surface area contributed by atoms with Gasteiger partial charge in [0.25, 0.3) is 0 Å². The Kier molecular flexibility index (Phi) is 17.9. The summed E-state index contributed by atoms with van der Waals surface area (Å²) in [7, 11) is 0. The lowest BCUT2D eigenvalue weighted by atomic mass is 10.0. The van der Waals surface area contributed by atoms with Crippen LogP contribution in [-0.4, -0.2) is 46.4 Å². The van der Waals surface area contributed by atoms with Gasteiger partial charge in [-0.2, -0.15) is 0 Å². The number of rotatable bonds is 15. The number of carbonyl (C=O) groups is 2. The molecule has 3 rings (SSSR count). The van der Waals surface area contributed by atoms with Gasteiger partial charge >= 0.3 is 5.30 Å². The van der Waals surface area contributed by atoms with Crippen molar-refractivity contribution in [1.29, 1.82) is 0 Å². The lowest BCUT2D eigenvalue weighted by Gasteiger charge is -2.25.